The van der Waals surface area contributed by atoms with E-state index in [1.165, 1.54) is 5.56 Å². The quantitative estimate of drug-likeness (QED) is 0.856. The second-order valence-corrected chi connectivity index (χ2v) is 5.61. The minimum absolute atomic E-state index is 0.237. The maximum Gasteiger partial charge on any atom is 0.0830 e. The minimum Gasteiger partial charge on any atom is -0.390 e. The topological polar surface area (TPSA) is 49.7 Å². The van der Waals surface area contributed by atoms with Crippen LogP contribution in [0.15, 0.2) is 30.3 Å². The lowest BCUT2D eigenvalue weighted by atomic mass is 9.99. The van der Waals surface area contributed by atoms with E-state index in [9.17, 15) is 10.2 Å². The highest BCUT2D eigenvalue weighted by Crippen LogP contribution is 2.45. The largest absolute Gasteiger partial charge is 0.390 e. The maximum atomic E-state index is 9.87. The van der Waals surface area contributed by atoms with E-state index in [1.807, 2.05) is 18.2 Å². The number of ether oxygens (including phenoxy) is 1. The van der Waals surface area contributed by atoms with E-state index >= 15 is 0 Å². The number of benzene rings is 1. The molecule has 0 aliphatic heterocycles. The van der Waals surface area contributed by atoms with E-state index in [1.54, 1.807) is 0 Å². The van der Waals surface area contributed by atoms with Crippen molar-refractivity contribution >= 4 is 0 Å². The summed E-state index contributed by atoms with van der Waals surface area (Å²) in [4.78, 5) is 0. The number of hydrogen-bond donors (Lipinski definition) is 2. The summed E-state index contributed by atoms with van der Waals surface area (Å²) in [6, 6.07) is 10.2. The van der Waals surface area contributed by atoms with Gasteiger partial charge in [0.1, 0.15) is 0 Å². The van der Waals surface area contributed by atoms with E-state index < -0.39 is 12.2 Å². The molecule has 2 fully saturated rings. The Labute approximate surface area is 107 Å². The number of aliphatic hydroxyl groups is 2. The van der Waals surface area contributed by atoms with Gasteiger partial charge in [0, 0.05) is 0 Å². The smallest absolute Gasteiger partial charge is 0.0830 e. The Hall–Kier alpha value is -0.900. The molecule has 2 N–H and O–H groups in total. The first-order valence-corrected chi connectivity index (χ1v) is 6.75. The van der Waals surface area contributed by atoms with Crippen LogP contribution in [-0.2, 0) is 11.3 Å². The lowest BCUT2D eigenvalue weighted by Crippen LogP contribution is -2.26. The van der Waals surface area contributed by atoms with Crippen LogP contribution in [0.25, 0.3) is 0 Å². The number of aliphatic hydroxyl groups excluding tert-OH is 2. The molecular weight excluding hydrogens is 228 g/mol. The number of fused-ring (bicyclic) bond motifs is 1. The predicted octanol–water partition coefficient (Wildman–Crippen LogP) is 1.72. The summed E-state index contributed by atoms with van der Waals surface area (Å²) < 4.78 is 5.92. The van der Waals surface area contributed by atoms with Gasteiger partial charge in [-0.05, 0) is 36.7 Å². The summed E-state index contributed by atoms with van der Waals surface area (Å²) in [7, 11) is 0. The molecule has 18 heavy (non-hydrogen) atoms. The van der Waals surface area contributed by atoms with Crippen LogP contribution in [0.1, 0.15) is 24.8 Å². The summed E-state index contributed by atoms with van der Waals surface area (Å²) in [6.07, 6.45) is 1.77. The fourth-order valence-corrected chi connectivity index (χ4v) is 3.45. The molecule has 0 spiro atoms. The molecule has 1 aromatic carbocycles. The van der Waals surface area contributed by atoms with Crippen molar-refractivity contribution < 1.29 is 14.9 Å². The monoisotopic (exact) mass is 248 g/mol. The average Bonchev–Trinajstić information content (AvgIpc) is 2.89. The van der Waals surface area contributed by atoms with Crippen LogP contribution in [-0.4, -0.2) is 28.5 Å². The summed E-state index contributed by atoms with van der Waals surface area (Å²) in [6.45, 7) is 0.642. The Kier molecular flexibility index (Phi) is 3.37. The molecule has 0 amide bonds. The molecule has 0 saturated heterocycles. The Morgan fingerprint density at radius 1 is 1.06 bits per heavy atom. The zero-order valence-electron chi connectivity index (χ0n) is 10.4. The minimum atomic E-state index is -0.541. The summed E-state index contributed by atoms with van der Waals surface area (Å²) in [5.74, 6) is 0.677. The molecule has 0 aromatic heterocycles. The van der Waals surface area contributed by atoms with Gasteiger partial charge in [-0.25, -0.2) is 0 Å². The fourth-order valence-electron chi connectivity index (χ4n) is 3.45. The van der Waals surface area contributed by atoms with Gasteiger partial charge in [0.15, 0.2) is 0 Å². The van der Waals surface area contributed by atoms with Gasteiger partial charge in [0.2, 0.25) is 0 Å². The van der Waals surface area contributed by atoms with Gasteiger partial charge in [0.25, 0.3) is 0 Å². The van der Waals surface area contributed by atoms with Crippen LogP contribution in [0.2, 0.25) is 0 Å². The summed E-state index contributed by atoms with van der Waals surface area (Å²) in [5.41, 5.74) is 1.19. The van der Waals surface area contributed by atoms with Crippen molar-refractivity contribution in [3.05, 3.63) is 35.9 Å². The van der Waals surface area contributed by atoms with Crippen LogP contribution in [0.5, 0.6) is 0 Å². The van der Waals surface area contributed by atoms with Gasteiger partial charge in [-0.3, -0.25) is 0 Å². The SMILES string of the molecule is OC1CC2CC(OCc3ccccc3)CC2C1O. The first-order valence-electron chi connectivity index (χ1n) is 6.75. The highest BCUT2D eigenvalue weighted by molar-refractivity contribution is 5.13. The second kappa shape index (κ2) is 5.00. The van der Waals surface area contributed by atoms with E-state index in [0.29, 0.717) is 12.5 Å². The second-order valence-electron chi connectivity index (χ2n) is 5.61. The molecule has 0 bridgehead atoms. The van der Waals surface area contributed by atoms with Crippen molar-refractivity contribution in [2.45, 2.75) is 44.2 Å². The number of hydrogen-bond acceptors (Lipinski definition) is 3. The van der Waals surface area contributed by atoms with Crippen LogP contribution >= 0.6 is 0 Å². The molecule has 1 aromatic rings. The van der Waals surface area contributed by atoms with Crippen molar-refractivity contribution in [3.8, 4) is 0 Å². The van der Waals surface area contributed by atoms with Gasteiger partial charge in [0.05, 0.1) is 24.9 Å². The zero-order chi connectivity index (χ0) is 12.5. The average molecular weight is 248 g/mol. The van der Waals surface area contributed by atoms with E-state index in [4.69, 9.17) is 4.74 Å². The molecule has 3 nitrogen and oxygen atoms in total. The Morgan fingerprint density at radius 3 is 2.56 bits per heavy atom. The Morgan fingerprint density at radius 2 is 1.83 bits per heavy atom. The van der Waals surface area contributed by atoms with Crippen molar-refractivity contribution in [1.82, 2.24) is 0 Å². The molecule has 2 saturated carbocycles. The van der Waals surface area contributed by atoms with Gasteiger partial charge in [-0.1, -0.05) is 30.3 Å². The van der Waals surface area contributed by atoms with E-state index in [2.05, 4.69) is 12.1 Å². The molecular formula is C15H20O3. The summed E-state index contributed by atoms with van der Waals surface area (Å²) >= 11 is 0. The van der Waals surface area contributed by atoms with Crippen molar-refractivity contribution in [2.24, 2.45) is 11.8 Å². The van der Waals surface area contributed by atoms with E-state index in [-0.39, 0.29) is 12.0 Å². The van der Waals surface area contributed by atoms with Crippen molar-refractivity contribution in [2.75, 3.05) is 0 Å². The third-order valence-corrected chi connectivity index (χ3v) is 4.41. The molecule has 0 radical (unpaired) electrons. The maximum absolute atomic E-state index is 9.87. The van der Waals surface area contributed by atoms with Crippen LogP contribution in [0.3, 0.4) is 0 Å². The molecule has 3 heteroatoms. The van der Waals surface area contributed by atoms with E-state index in [0.717, 1.165) is 19.3 Å². The molecule has 2 aliphatic carbocycles. The highest BCUT2D eigenvalue weighted by Gasteiger charge is 2.47. The fraction of sp³-hybridized carbons (Fsp3) is 0.600. The molecule has 0 heterocycles. The van der Waals surface area contributed by atoms with Crippen LogP contribution < -0.4 is 0 Å². The Bertz CT molecular complexity index is 392. The van der Waals surface area contributed by atoms with Gasteiger partial charge in [-0.2, -0.15) is 0 Å². The predicted molar refractivity (Wildman–Crippen MR) is 67.9 cm³/mol. The third kappa shape index (κ3) is 2.30. The van der Waals surface area contributed by atoms with Crippen molar-refractivity contribution in [3.63, 3.8) is 0 Å². The lowest BCUT2D eigenvalue weighted by Gasteiger charge is -2.17. The Balaban J connectivity index is 1.52. The highest BCUT2D eigenvalue weighted by atomic mass is 16.5. The molecule has 98 valence electrons. The third-order valence-electron chi connectivity index (χ3n) is 4.41. The zero-order valence-corrected chi connectivity index (χ0v) is 10.4. The normalized spacial score (nSPS) is 38.9. The molecule has 3 rings (SSSR count). The van der Waals surface area contributed by atoms with Crippen LogP contribution in [0.4, 0.5) is 0 Å². The number of rotatable bonds is 3. The van der Waals surface area contributed by atoms with Crippen molar-refractivity contribution in [1.29, 1.82) is 0 Å². The van der Waals surface area contributed by atoms with Gasteiger partial charge >= 0.3 is 0 Å². The standard InChI is InChI=1S/C15H20O3/c16-14-7-11-6-12(8-13(11)15(14)17)18-9-10-4-2-1-3-5-10/h1-5,11-17H,6-9H2. The lowest BCUT2D eigenvalue weighted by molar-refractivity contribution is -0.00247. The molecule has 5 atom stereocenters. The van der Waals surface area contributed by atoms with Gasteiger partial charge in [-0.15, -0.1) is 0 Å². The first-order chi connectivity index (χ1) is 8.74. The summed E-state index contributed by atoms with van der Waals surface area (Å²) in [5, 5.41) is 19.5. The molecule has 5 unspecified atom stereocenters. The van der Waals surface area contributed by atoms with Crippen LogP contribution in [0, 0.1) is 11.8 Å². The van der Waals surface area contributed by atoms with Gasteiger partial charge < -0.3 is 14.9 Å². The first kappa shape index (κ1) is 12.2. The molecule has 2 aliphatic rings.